The maximum absolute atomic E-state index is 11.4. The molecule has 1 aromatic heterocycles. The van der Waals surface area contributed by atoms with E-state index in [4.69, 9.17) is 9.47 Å². The summed E-state index contributed by atoms with van der Waals surface area (Å²) in [4.78, 5) is 26.1. The van der Waals surface area contributed by atoms with E-state index in [0.717, 1.165) is 0 Å². The number of carbonyl (C=O) groups is 1. The first-order valence-corrected chi connectivity index (χ1v) is 6.36. The third-order valence-corrected chi connectivity index (χ3v) is 3.50. The quantitative estimate of drug-likeness (QED) is 0.630. The van der Waals surface area contributed by atoms with E-state index in [-0.39, 0.29) is 24.0 Å². The molecule has 1 aliphatic rings. The molecule has 0 aliphatic heterocycles. The second-order valence-corrected chi connectivity index (χ2v) is 4.72. The number of ketones is 1. The van der Waals surface area contributed by atoms with Gasteiger partial charge in [0.25, 0.3) is 5.69 Å². The summed E-state index contributed by atoms with van der Waals surface area (Å²) in [5.41, 5.74) is 0.374. The van der Waals surface area contributed by atoms with Crippen molar-refractivity contribution in [3.05, 3.63) is 40.6 Å². The standard InChI is InChI=1S/C14H12N2O5/c1-20-14-10(17)7-12(14)21-11-5-4-9(16(18)19)8-3-2-6-15-13(8)11/h2-6,12,14H,7H2,1H3. The lowest BCUT2D eigenvalue weighted by Gasteiger charge is -2.33. The van der Waals surface area contributed by atoms with Crippen LogP contribution in [0.15, 0.2) is 30.5 Å². The molecule has 0 radical (unpaired) electrons. The Morgan fingerprint density at radius 3 is 2.86 bits per heavy atom. The first kappa shape index (κ1) is 13.4. The van der Waals surface area contributed by atoms with Gasteiger partial charge in [0.15, 0.2) is 11.9 Å². The molecular formula is C14H12N2O5. The van der Waals surface area contributed by atoms with Crippen molar-refractivity contribution in [3.8, 4) is 5.75 Å². The van der Waals surface area contributed by atoms with E-state index in [9.17, 15) is 14.9 Å². The van der Waals surface area contributed by atoms with Crippen molar-refractivity contribution in [1.82, 2.24) is 4.98 Å². The lowest BCUT2D eigenvalue weighted by Crippen LogP contribution is -2.51. The Balaban J connectivity index is 1.99. The van der Waals surface area contributed by atoms with Crippen LogP contribution in [-0.2, 0) is 9.53 Å². The molecule has 108 valence electrons. The number of benzene rings is 1. The highest BCUT2D eigenvalue weighted by Crippen LogP contribution is 2.34. The molecule has 7 nitrogen and oxygen atoms in total. The zero-order valence-corrected chi connectivity index (χ0v) is 11.2. The van der Waals surface area contributed by atoms with Gasteiger partial charge in [0, 0.05) is 25.8 Å². The monoisotopic (exact) mass is 288 g/mol. The lowest BCUT2D eigenvalue weighted by atomic mass is 9.90. The molecule has 7 heteroatoms. The fraction of sp³-hybridized carbons (Fsp3) is 0.286. The minimum absolute atomic E-state index is 0.0123. The predicted molar refractivity (Wildman–Crippen MR) is 73.2 cm³/mol. The van der Waals surface area contributed by atoms with Crippen molar-refractivity contribution in [1.29, 1.82) is 0 Å². The van der Waals surface area contributed by atoms with Gasteiger partial charge in [-0.3, -0.25) is 19.9 Å². The summed E-state index contributed by atoms with van der Waals surface area (Å²) < 4.78 is 10.8. The van der Waals surface area contributed by atoms with E-state index < -0.39 is 11.0 Å². The summed E-state index contributed by atoms with van der Waals surface area (Å²) in [6.07, 6.45) is 0.843. The van der Waals surface area contributed by atoms with Crippen LogP contribution < -0.4 is 4.74 Å². The number of ether oxygens (including phenoxy) is 2. The van der Waals surface area contributed by atoms with Gasteiger partial charge in [-0.15, -0.1) is 0 Å². The zero-order chi connectivity index (χ0) is 15.0. The summed E-state index contributed by atoms with van der Waals surface area (Å²) in [5, 5.41) is 11.4. The van der Waals surface area contributed by atoms with Crippen molar-refractivity contribution in [2.24, 2.45) is 0 Å². The summed E-state index contributed by atoms with van der Waals surface area (Å²) in [7, 11) is 1.45. The summed E-state index contributed by atoms with van der Waals surface area (Å²) in [5.74, 6) is 0.400. The second kappa shape index (κ2) is 5.10. The number of nitrogens with zero attached hydrogens (tertiary/aromatic N) is 2. The first-order chi connectivity index (χ1) is 10.1. The lowest BCUT2D eigenvalue weighted by molar-refractivity contribution is -0.383. The molecule has 0 bridgehead atoms. The van der Waals surface area contributed by atoms with E-state index in [1.807, 2.05) is 0 Å². The molecule has 1 aromatic carbocycles. The van der Waals surface area contributed by atoms with Crippen LogP contribution in [0.5, 0.6) is 5.75 Å². The van der Waals surface area contributed by atoms with Gasteiger partial charge in [-0.25, -0.2) is 0 Å². The molecule has 21 heavy (non-hydrogen) atoms. The fourth-order valence-corrected chi connectivity index (χ4v) is 2.40. The molecule has 0 spiro atoms. The third-order valence-electron chi connectivity index (χ3n) is 3.50. The number of rotatable bonds is 4. The third kappa shape index (κ3) is 2.21. The Kier molecular flexibility index (Phi) is 3.26. The molecule has 1 aliphatic carbocycles. The van der Waals surface area contributed by atoms with Crippen LogP contribution in [0.1, 0.15) is 6.42 Å². The molecule has 2 unspecified atom stereocenters. The van der Waals surface area contributed by atoms with E-state index >= 15 is 0 Å². The molecule has 0 N–H and O–H groups in total. The van der Waals surface area contributed by atoms with Gasteiger partial charge in [-0.05, 0) is 18.2 Å². The zero-order valence-electron chi connectivity index (χ0n) is 11.2. The Bertz CT molecular complexity index is 730. The van der Waals surface area contributed by atoms with Crippen LogP contribution in [0.4, 0.5) is 5.69 Å². The highest BCUT2D eigenvalue weighted by molar-refractivity contribution is 5.93. The van der Waals surface area contributed by atoms with Gasteiger partial charge < -0.3 is 9.47 Å². The number of carbonyl (C=O) groups excluding carboxylic acids is 1. The van der Waals surface area contributed by atoms with Gasteiger partial charge in [-0.2, -0.15) is 0 Å². The maximum Gasteiger partial charge on any atom is 0.279 e. The molecule has 0 saturated heterocycles. The van der Waals surface area contributed by atoms with Crippen molar-refractivity contribution in [3.63, 3.8) is 0 Å². The summed E-state index contributed by atoms with van der Waals surface area (Å²) >= 11 is 0. The van der Waals surface area contributed by atoms with Gasteiger partial charge in [0.1, 0.15) is 17.4 Å². The number of nitro benzene ring substituents is 1. The van der Waals surface area contributed by atoms with E-state index in [0.29, 0.717) is 16.7 Å². The van der Waals surface area contributed by atoms with E-state index in [1.54, 1.807) is 18.3 Å². The van der Waals surface area contributed by atoms with Crippen LogP contribution in [-0.4, -0.2) is 35.0 Å². The molecule has 0 amide bonds. The highest BCUT2D eigenvalue weighted by Gasteiger charge is 2.42. The smallest absolute Gasteiger partial charge is 0.279 e. The Morgan fingerprint density at radius 1 is 1.38 bits per heavy atom. The topological polar surface area (TPSA) is 91.6 Å². The van der Waals surface area contributed by atoms with Gasteiger partial charge in [-0.1, -0.05) is 0 Å². The number of hydrogen-bond acceptors (Lipinski definition) is 6. The predicted octanol–water partition coefficient (Wildman–Crippen LogP) is 1.88. The van der Waals surface area contributed by atoms with Crippen LogP contribution in [0.25, 0.3) is 10.9 Å². The number of methoxy groups -OCH3 is 1. The van der Waals surface area contributed by atoms with E-state index in [2.05, 4.69) is 4.98 Å². The number of hydrogen-bond donors (Lipinski definition) is 0. The number of Topliss-reactive ketones (excluding diaryl/α,β-unsaturated/α-hetero) is 1. The number of pyridine rings is 1. The largest absolute Gasteiger partial charge is 0.484 e. The van der Waals surface area contributed by atoms with Crippen molar-refractivity contribution >= 4 is 22.4 Å². The average molecular weight is 288 g/mol. The van der Waals surface area contributed by atoms with Gasteiger partial charge >= 0.3 is 0 Å². The molecule has 3 rings (SSSR count). The molecule has 1 heterocycles. The minimum atomic E-state index is -0.584. The summed E-state index contributed by atoms with van der Waals surface area (Å²) in [6, 6.07) is 6.13. The molecule has 2 atom stereocenters. The Hall–Kier alpha value is -2.54. The van der Waals surface area contributed by atoms with Gasteiger partial charge in [0.05, 0.1) is 10.3 Å². The van der Waals surface area contributed by atoms with Crippen molar-refractivity contribution in [2.45, 2.75) is 18.6 Å². The first-order valence-electron chi connectivity index (χ1n) is 6.36. The minimum Gasteiger partial charge on any atom is -0.484 e. The SMILES string of the molecule is COC1C(=O)CC1Oc1ccc([N+](=O)[O-])c2cccnc12. The fourth-order valence-electron chi connectivity index (χ4n) is 2.40. The number of nitro groups is 1. The molecule has 1 saturated carbocycles. The normalized spacial score (nSPS) is 21.1. The number of fused-ring (bicyclic) bond motifs is 1. The maximum atomic E-state index is 11.4. The van der Waals surface area contributed by atoms with Crippen LogP contribution in [0.2, 0.25) is 0 Å². The van der Waals surface area contributed by atoms with Crippen LogP contribution in [0, 0.1) is 10.1 Å². The second-order valence-electron chi connectivity index (χ2n) is 4.72. The van der Waals surface area contributed by atoms with Crippen LogP contribution in [0.3, 0.4) is 0 Å². The van der Waals surface area contributed by atoms with E-state index in [1.165, 1.54) is 19.2 Å². The van der Waals surface area contributed by atoms with Gasteiger partial charge in [0.2, 0.25) is 0 Å². The molecule has 1 fully saturated rings. The molecular weight excluding hydrogens is 276 g/mol. The number of aromatic nitrogens is 1. The summed E-state index contributed by atoms with van der Waals surface area (Å²) in [6.45, 7) is 0. The Labute approximate surface area is 119 Å². The van der Waals surface area contributed by atoms with Crippen molar-refractivity contribution in [2.75, 3.05) is 7.11 Å². The molecule has 2 aromatic rings. The highest BCUT2D eigenvalue weighted by atomic mass is 16.6. The van der Waals surface area contributed by atoms with Crippen LogP contribution >= 0.6 is 0 Å². The van der Waals surface area contributed by atoms with Crippen molar-refractivity contribution < 1.29 is 19.2 Å². The Morgan fingerprint density at radius 2 is 2.19 bits per heavy atom. The number of non-ortho nitro benzene ring substituents is 1. The average Bonchev–Trinajstić information content (AvgIpc) is 2.46.